The largest absolute Gasteiger partial charge is 0.373 e. The molecule has 4 aliphatic rings. The molecule has 17 heteroatoms. The van der Waals surface area contributed by atoms with Gasteiger partial charge < -0.3 is 36.2 Å². The molecule has 58 heavy (non-hydrogen) atoms. The summed E-state index contributed by atoms with van der Waals surface area (Å²) in [7, 11) is 0. The zero-order chi connectivity index (χ0) is 41.1. The number of likely N-dealkylation sites (tertiary alicyclic amines) is 1. The minimum Gasteiger partial charge on any atom is -0.373 e. The second-order valence-corrected chi connectivity index (χ2v) is 18.4. The lowest BCUT2D eigenvalue weighted by Gasteiger charge is -2.37. The Kier molecular flexibility index (Phi) is 12.0. The number of para-hydroxylation sites is 1. The highest BCUT2D eigenvalue weighted by Gasteiger charge is 2.53. The molecule has 1 spiro atoms. The van der Waals surface area contributed by atoms with E-state index in [1.165, 1.54) is 4.90 Å². The topological polar surface area (TPSA) is 192 Å². The number of imide groups is 1. The van der Waals surface area contributed by atoms with Gasteiger partial charge in [0, 0.05) is 60.3 Å². The number of ether oxygens (including phenoxy) is 1. The van der Waals surface area contributed by atoms with Crippen LogP contribution in [0.4, 0.5) is 25.8 Å². The molecule has 4 aliphatic heterocycles. The average Bonchev–Trinajstić information content (AvgIpc) is 3.96. The van der Waals surface area contributed by atoms with Crippen molar-refractivity contribution in [1.29, 1.82) is 0 Å². The van der Waals surface area contributed by atoms with Crippen molar-refractivity contribution in [2.45, 2.75) is 101 Å². The summed E-state index contributed by atoms with van der Waals surface area (Å²) in [5.74, 6) is 0.657. The molecule has 0 radical (unpaired) electrons. The third-order valence-corrected chi connectivity index (χ3v) is 12.8. The van der Waals surface area contributed by atoms with Gasteiger partial charge in [-0.2, -0.15) is 11.8 Å². The van der Waals surface area contributed by atoms with Crippen molar-refractivity contribution in [3.05, 3.63) is 60.8 Å². The summed E-state index contributed by atoms with van der Waals surface area (Å²) < 4.78 is 8.10. The fraction of sp³-hybridized carbons (Fsp3) is 0.537. The van der Waals surface area contributed by atoms with E-state index < -0.39 is 17.2 Å². The molecule has 5 heterocycles. The number of carbonyl (C=O) groups excluding carboxylic acids is 5. The van der Waals surface area contributed by atoms with Gasteiger partial charge in [-0.15, -0.1) is 5.10 Å². The first kappa shape index (κ1) is 41.0. The molecule has 0 saturated carbocycles. The van der Waals surface area contributed by atoms with E-state index in [2.05, 4.69) is 50.7 Å². The molecule has 3 aromatic rings. The smallest absolute Gasteiger partial charge is 0.329 e. The van der Waals surface area contributed by atoms with E-state index >= 15 is 0 Å². The molecular formula is C41H54N10O6S. The summed E-state index contributed by atoms with van der Waals surface area (Å²) >= 11 is 1.89. The van der Waals surface area contributed by atoms with Gasteiger partial charge in [-0.05, 0) is 63.8 Å². The Morgan fingerprint density at radius 3 is 2.55 bits per heavy atom. The molecule has 3 atom stereocenters. The van der Waals surface area contributed by atoms with Crippen molar-refractivity contribution >= 4 is 53.0 Å². The molecule has 4 saturated heterocycles. The second kappa shape index (κ2) is 17.0. The predicted octanol–water partition coefficient (Wildman–Crippen LogP) is 4.73. The van der Waals surface area contributed by atoms with Crippen molar-refractivity contribution < 1.29 is 28.7 Å². The van der Waals surface area contributed by atoms with E-state index in [9.17, 15) is 24.0 Å². The van der Waals surface area contributed by atoms with E-state index in [0.717, 1.165) is 30.6 Å². The zero-order valence-electron chi connectivity index (χ0n) is 33.6. The standard InChI is InChI=1S/C41H54N10O6S/c1-39(2,26-57-40(3,4)24-42-33(52)16-9-8-15-32-34-31(23-58-32)44-36(54)45-34)25-50-22-30(47-48-50)27-11-10-12-28(21-27)43-37(55)49-19-17-41(18-20-49)35(53)51(38(56)46-41)29-13-6-5-7-14-29/h5-7,10-14,21-22,31-32,34H,8-9,15-20,23-26H2,1-4H3,(H,42,52)(H,43,55)(H,46,56)(H2,44,45,54)/t31-,32-,34-/m0/s1. The summed E-state index contributed by atoms with van der Waals surface area (Å²) in [5, 5.41) is 24.1. The summed E-state index contributed by atoms with van der Waals surface area (Å²) in [6.07, 6.45) is 5.68. The van der Waals surface area contributed by atoms with Crippen LogP contribution in [0.25, 0.3) is 11.3 Å². The summed E-state index contributed by atoms with van der Waals surface area (Å²) in [6.45, 7) is 10.1. The van der Waals surface area contributed by atoms with E-state index in [1.807, 2.05) is 56.1 Å². The van der Waals surface area contributed by atoms with Crippen molar-refractivity contribution in [2.24, 2.45) is 5.41 Å². The third kappa shape index (κ3) is 9.58. The Hall–Kier alpha value is -5.16. The fourth-order valence-electron chi connectivity index (χ4n) is 7.93. The monoisotopic (exact) mass is 814 g/mol. The van der Waals surface area contributed by atoms with E-state index in [0.29, 0.717) is 74.4 Å². The number of hydrogen-bond acceptors (Lipinski definition) is 9. The molecule has 5 N–H and O–H groups in total. The van der Waals surface area contributed by atoms with Gasteiger partial charge in [-0.1, -0.05) is 55.8 Å². The highest BCUT2D eigenvalue weighted by atomic mass is 32.2. The molecule has 7 rings (SSSR count). The number of nitrogens with zero attached hydrogens (tertiary/aromatic N) is 5. The number of anilines is 2. The fourth-order valence-corrected chi connectivity index (χ4v) is 9.47. The highest BCUT2D eigenvalue weighted by Crippen LogP contribution is 2.34. The van der Waals surface area contributed by atoms with Crippen LogP contribution < -0.4 is 31.5 Å². The Labute approximate surface area is 342 Å². The van der Waals surface area contributed by atoms with Crippen LogP contribution >= 0.6 is 11.8 Å². The number of benzene rings is 2. The van der Waals surface area contributed by atoms with Crippen LogP contribution in [0.1, 0.15) is 66.2 Å². The first-order chi connectivity index (χ1) is 27.7. The summed E-state index contributed by atoms with van der Waals surface area (Å²) in [5.41, 5.74) is 0.667. The number of hydrogen-bond donors (Lipinski definition) is 5. The van der Waals surface area contributed by atoms with Crippen LogP contribution in [-0.4, -0.2) is 110 Å². The van der Waals surface area contributed by atoms with Gasteiger partial charge in [0.2, 0.25) is 5.91 Å². The van der Waals surface area contributed by atoms with Crippen LogP contribution in [0.3, 0.4) is 0 Å². The van der Waals surface area contributed by atoms with Gasteiger partial charge in [-0.25, -0.2) is 19.3 Å². The Bertz CT molecular complexity index is 2000. The van der Waals surface area contributed by atoms with Crippen LogP contribution in [-0.2, 0) is 20.9 Å². The molecular weight excluding hydrogens is 761 g/mol. The molecule has 0 bridgehead atoms. The quantitative estimate of drug-likeness (QED) is 0.0820. The van der Waals surface area contributed by atoms with E-state index in [4.69, 9.17) is 4.74 Å². The van der Waals surface area contributed by atoms with Crippen LogP contribution in [0, 0.1) is 5.41 Å². The number of carbonyl (C=O) groups is 5. The molecule has 0 unspecified atom stereocenters. The van der Waals surface area contributed by atoms with Crippen molar-refractivity contribution in [1.82, 2.24) is 41.2 Å². The first-order valence-electron chi connectivity index (χ1n) is 20.1. The molecule has 1 aromatic heterocycles. The Balaban J connectivity index is 0.828. The lowest BCUT2D eigenvalue weighted by molar-refractivity contribution is -0.124. The second-order valence-electron chi connectivity index (χ2n) is 17.1. The van der Waals surface area contributed by atoms with Gasteiger partial charge in [0.1, 0.15) is 11.2 Å². The first-order valence-corrected chi connectivity index (χ1v) is 21.1. The number of urea groups is 3. The van der Waals surface area contributed by atoms with Gasteiger partial charge in [0.15, 0.2) is 0 Å². The van der Waals surface area contributed by atoms with Gasteiger partial charge in [0.25, 0.3) is 5.91 Å². The van der Waals surface area contributed by atoms with Gasteiger partial charge in [0.05, 0.1) is 36.2 Å². The third-order valence-electron chi connectivity index (χ3n) is 11.3. The van der Waals surface area contributed by atoms with Gasteiger partial charge >= 0.3 is 18.1 Å². The zero-order valence-corrected chi connectivity index (χ0v) is 34.4. The number of thioether (sulfide) groups is 1. The van der Waals surface area contributed by atoms with E-state index in [1.54, 1.807) is 39.9 Å². The lowest BCUT2D eigenvalue weighted by Crippen LogP contribution is -2.56. The van der Waals surface area contributed by atoms with Crippen LogP contribution in [0.15, 0.2) is 60.8 Å². The molecule has 310 valence electrons. The number of rotatable bonds is 15. The molecule has 8 amide bonds. The molecule has 4 fully saturated rings. The molecule has 2 aromatic carbocycles. The Morgan fingerprint density at radius 2 is 1.78 bits per heavy atom. The molecule has 0 aliphatic carbocycles. The normalized spacial score (nSPS) is 21.4. The maximum atomic E-state index is 13.4. The van der Waals surface area contributed by atoms with Crippen LogP contribution in [0.5, 0.6) is 0 Å². The van der Waals surface area contributed by atoms with Crippen molar-refractivity contribution in [2.75, 3.05) is 42.2 Å². The number of amides is 8. The van der Waals surface area contributed by atoms with Crippen LogP contribution in [0.2, 0.25) is 0 Å². The number of nitrogens with one attached hydrogen (secondary N) is 5. The molecule has 16 nitrogen and oxygen atoms in total. The van der Waals surface area contributed by atoms with Crippen molar-refractivity contribution in [3.8, 4) is 11.3 Å². The summed E-state index contributed by atoms with van der Waals surface area (Å²) in [4.78, 5) is 66.6. The van der Waals surface area contributed by atoms with Gasteiger partial charge in [-0.3, -0.25) is 14.3 Å². The minimum atomic E-state index is -1.03. The maximum absolute atomic E-state index is 13.4. The maximum Gasteiger partial charge on any atom is 0.329 e. The summed E-state index contributed by atoms with van der Waals surface area (Å²) in [6, 6.07) is 15.8. The number of unbranched alkanes of at least 4 members (excludes halogenated alkanes) is 1. The Morgan fingerprint density at radius 1 is 1.00 bits per heavy atom. The number of aromatic nitrogens is 3. The SMILES string of the molecule is CC(C)(COC(C)(C)CNC(=O)CCCC[C@@H]1SC[C@@H]2NC(=O)N[C@@H]21)Cn1cc(-c2cccc(NC(=O)N3CCC4(CC3)NC(=O)N(c3ccccc3)C4=O)c2)nn1. The lowest BCUT2D eigenvalue weighted by atomic mass is 9.87. The van der Waals surface area contributed by atoms with Crippen molar-refractivity contribution in [3.63, 3.8) is 0 Å². The van der Waals surface area contributed by atoms with E-state index in [-0.39, 0.29) is 41.4 Å². The highest BCUT2D eigenvalue weighted by molar-refractivity contribution is 8.00. The number of piperidine rings is 1. The minimum absolute atomic E-state index is 0.0103. The predicted molar refractivity (Wildman–Crippen MR) is 221 cm³/mol. The average molecular weight is 815 g/mol. The number of fused-ring (bicyclic) bond motifs is 1.